The first-order valence-corrected chi connectivity index (χ1v) is 8.57. The fourth-order valence-electron chi connectivity index (χ4n) is 2.66. The lowest BCUT2D eigenvalue weighted by atomic mass is 9.89. The second-order valence-corrected chi connectivity index (χ2v) is 6.93. The number of halogens is 2. The molecule has 2 aromatic rings. The maximum atomic E-state index is 14.8. The van der Waals surface area contributed by atoms with Crippen LogP contribution >= 0.6 is 11.3 Å². The van der Waals surface area contributed by atoms with Crippen molar-refractivity contribution in [2.45, 2.75) is 25.3 Å². The highest BCUT2D eigenvalue weighted by atomic mass is 32.1. The van der Waals surface area contributed by atoms with E-state index < -0.39 is 17.4 Å². The Kier molecular flexibility index (Phi) is 4.28. The maximum Gasteiger partial charge on any atom is 0.354 e. The summed E-state index contributed by atoms with van der Waals surface area (Å²) in [7, 11) is 1.18. The van der Waals surface area contributed by atoms with E-state index in [1.165, 1.54) is 14.0 Å². The number of hydrogen-bond donors (Lipinski definition) is 1. The Balaban J connectivity index is 2.08. The summed E-state index contributed by atoms with van der Waals surface area (Å²) in [5, 5.41) is 1.73. The molecule has 1 aliphatic rings. The molecule has 5 nitrogen and oxygen atoms in total. The van der Waals surface area contributed by atoms with Crippen LogP contribution < -0.4 is 5.73 Å². The average molecular weight is 374 g/mol. The largest absolute Gasteiger partial charge is 0.369 e. The number of pyridine rings is 1. The average Bonchev–Trinajstić information content (AvgIpc) is 3.10. The molecule has 0 aliphatic carbocycles. The summed E-state index contributed by atoms with van der Waals surface area (Å²) in [6, 6.07) is 3.42. The van der Waals surface area contributed by atoms with Crippen LogP contribution in [0.5, 0.6) is 0 Å². The summed E-state index contributed by atoms with van der Waals surface area (Å²) in [4.78, 5) is 21.0. The molecule has 1 atom stereocenters. The van der Waals surface area contributed by atoms with E-state index in [9.17, 15) is 13.6 Å². The maximum absolute atomic E-state index is 14.8. The monoisotopic (exact) mass is 374 g/mol. The van der Waals surface area contributed by atoms with Gasteiger partial charge in [-0.05, 0) is 36.9 Å². The molecule has 8 heteroatoms. The third kappa shape index (κ3) is 2.65. The molecule has 134 valence electrons. The number of nitrogens with zero attached hydrogens (tertiary/aromatic N) is 3. The normalized spacial score (nSPS) is 21.8. The summed E-state index contributed by atoms with van der Waals surface area (Å²) in [5.41, 5.74) is 5.79. The highest BCUT2D eigenvalue weighted by Crippen LogP contribution is 2.47. The summed E-state index contributed by atoms with van der Waals surface area (Å²) in [6.07, 6.45) is 3.26. The molecule has 3 heterocycles. The van der Waals surface area contributed by atoms with Crippen LogP contribution in [0.2, 0.25) is 0 Å². The smallest absolute Gasteiger partial charge is 0.354 e. The van der Waals surface area contributed by atoms with E-state index in [0.29, 0.717) is 10.5 Å². The first-order chi connectivity index (χ1) is 12.2. The number of aromatic nitrogens is 1. The van der Waals surface area contributed by atoms with Gasteiger partial charge in [0.25, 0.3) is 0 Å². The Hall–Kier alpha value is -2.79. The second kappa shape index (κ2) is 6.18. The van der Waals surface area contributed by atoms with Crippen LogP contribution in [0.1, 0.15) is 24.3 Å². The van der Waals surface area contributed by atoms with Gasteiger partial charge >= 0.3 is 11.8 Å². The Morgan fingerprint density at radius 2 is 2.00 bits per heavy atom. The quantitative estimate of drug-likeness (QED) is 0.822. The number of nitrogens with two attached hydrogens (primary N) is 1. The molecule has 1 amide bonds. The van der Waals surface area contributed by atoms with E-state index in [0.717, 1.165) is 22.5 Å². The van der Waals surface area contributed by atoms with E-state index in [1.807, 2.05) is 6.07 Å². The predicted molar refractivity (Wildman–Crippen MR) is 96.8 cm³/mol. The molecular formula is C18H16F2N4OS. The third-order valence-corrected chi connectivity index (χ3v) is 5.43. The lowest BCUT2D eigenvalue weighted by Crippen LogP contribution is -2.60. The lowest BCUT2D eigenvalue weighted by molar-refractivity contribution is -0.165. The Bertz CT molecular complexity index is 973. The van der Waals surface area contributed by atoms with E-state index in [-0.39, 0.29) is 10.8 Å². The van der Waals surface area contributed by atoms with Gasteiger partial charge in [-0.15, -0.1) is 17.3 Å². The molecule has 0 saturated heterocycles. The number of guanidine groups is 1. The molecule has 1 aliphatic heterocycles. The van der Waals surface area contributed by atoms with Crippen molar-refractivity contribution < 1.29 is 13.6 Å². The van der Waals surface area contributed by atoms with Gasteiger partial charge in [-0.2, -0.15) is 8.78 Å². The summed E-state index contributed by atoms with van der Waals surface area (Å²) >= 11 is 1.10. The van der Waals surface area contributed by atoms with Crippen LogP contribution in [0.15, 0.2) is 34.9 Å². The number of carbonyl (C=O) groups excluding carboxylic acids is 1. The molecule has 0 radical (unpaired) electrons. The molecule has 3 rings (SSSR count). The zero-order valence-electron chi connectivity index (χ0n) is 14.4. The number of rotatable bonds is 2. The van der Waals surface area contributed by atoms with Crippen molar-refractivity contribution in [3.05, 3.63) is 40.3 Å². The van der Waals surface area contributed by atoms with Crippen LogP contribution in [-0.2, 0) is 10.3 Å². The first kappa shape index (κ1) is 18.0. The van der Waals surface area contributed by atoms with Crippen molar-refractivity contribution >= 4 is 23.2 Å². The van der Waals surface area contributed by atoms with Crippen LogP contribution in [0, 0.1) is 11.8 Å². The van der Waals surface area contributed by atoms with Crippen LogP contribution in [0.25, 0.3) is 11.1 Å². The van der Waals surface area contributed by atoms with Gasteiger partial charge in [0.15, 0.2) is 11.5 Å². The topological polar surface area (TPSA) is 71.6 Å². The van der Waals surface area contributed by atoms with E-state index in [2.05, 4.69) is 21.8 Å². The van der Waals surface area contributed by atoms with Gasteiger partial charge in [0.1, 0.15) is 0 Å². The van der Waals surface area contributed by atoms with Crippen molar-refractivity contribution in [2.75, 3.05) is 7.05 Å². The molecule has 0 aromatic carbocycles. The Morgan fingerprint density at radius 3 is 2.69 bits per heavy atom. The summed E-state index contributed by atoms with van der Waals surface area (Å²) < 4.78 is 29.5. The van der Waals surface area contributed by atoms with Crippen molar-refractivity contribution in [3.63, 3.8) is 0 Å². The molecule has 0 unspecified atom stereocenters. The number of thiophene rings is 1. The van der Waals surface area contributed by atoms with Crippen molar-refractivity contribution in [2.24, 2.45) is 10.7 Å². The van der Waals surface area contributed by atoms with Gasteiger partial charge in [-0.3, -0.25) is 14.7 Å². The highest BCUT2D eigenvalue weighted by molar-refractivity contribution is 7.10. The SMILES string of the molecule is CC#Cc1cncc(-c2csc([C@@]3(C)N=C(N)N(C)C(=O)C3(F)F)c2)c1. The number of hydrogen-bond acceptors (Lipinski definition) is 5. The van der Waals surface area contributed by atoms with Crippen molar-refractivity contribution in [1.29, 1.82) is 0 Å². The Morgan fingerprint density at radius 1 is 1.27 bits per heavy atom. The standard InChI is InChI=1S/C18H16F2N4OS/c1-4-5-11-6-12(9-22-8-11)13-7-14(26-10-13)17(2)18(19,20)15(25)24(3)16(21)23-17/h6-10H,1-3H3,(H2,21,23)/t17-/m1/s1. The fraction of sp³-hybridized carbons (Fsp3) is 0.278. The van der Waals surface area contributed by atoms with E-state index >= 15 is 0 Å². The third-order valence-electron chi connectivity index (χ3n) is 4.29. The highest BCUT2D eigenvalue weighted by Gasteiger charge is 2.62. The van der Waals surface area contributed by atoms with Gasteiger partial charge in [0, 0.05) is 35.4 Å². The number of carbonyl (C=O) groups is 1. The molecule has 26 heavy (non-hydrogen) atoms. The van der Waals surface area contributed by atoms with Gasteiger partial charge in [0.2, 0.25) is 0 Å². The van der Waals surface area contributed by atoms with Crippen LogP contribution in [0.4, 0.5) is 8.78 Å². The minimum Gasteiger partial charge on any atom is -0.369 e. The fourth-order valence-corrected chi connectivity index (χ4v) is 3.72. The van der Waals surface area contributed by atoms with Crippen LogP contribution in [-0.4, -0.2) is 34.7 Å². The van der Waals surface area contributed by atoms with Crippen LogP contribution in [0.3, 0.4) is 0 Å². The second-order valence-electron chi connectivity index (χ2n) is 6.02. The Labute approximate surface area is 153 Å². The summed E-state index contributed by atoms with van der Waals surface area (Å²) in [5.74, 6) is 0.382. The van der Waals surface area contributed by atoms with Crippen molar-refractivity contribution in [3.8, 4) is 23.0 Å². The molecule has 0 saturated carbocycles. The molecule has 0 fully saturated rings. The predicted octanol–water partition coefficient (Wildman–Crippen LogP) is 2.82. The van der Waals surface area contributed by atoms with E-state index in [1.54, 1.807) is 30.8 Å². The lowest BCUT2D eigenvalue weighted by Gasteiger charge is -2.39. The zero-order chi connectivity index (χ0) is 19.1. The minimum atomic E-state index is -3.71. The molecule has 2 N–H and O–H groups in total. The molecular weight excluding hydrogens is 358 g/mol. The number of amides is 1. The van der Waals surface area contributed by atoms with Gasteiger partial charge in [-0.1, -0.05) is 5.92 Å². The minimum absolute atomic E-state index is 0.236. The molecule has 0 spiro atoms. The van der Waals surface area contributed by atoms with Gasteiger partial charge in [-0.25, -0.2) is 4.99 Å². The zero-order valence-corrected chi connectivity index (χ0v) is 15.2. The van der Waals surface area contributed by atoms with Crippen molar-refractivity contribution in [1.82, 2.24) is 9.88 Å². The first-order valence-electron chi connectivity index (χ1n) is 7.69. The number of aliphatic imine (C=N–C) groups is 1. The summed E-state index contributed by atoms with van der Waals surface area (Å²) in [6.45, 7) is 2.94. The van der Waals surface area contributed by atoms with E-state index in [4.69, 9.17) is 5.73 Å². The van der Waals surface area contributed by atoms with Gasteiger partial charge < -0.3 is 5.73 Å². The number of alkyl halides is 2. The molecule has 2 aromatic heterocycles. The molecule has 0 bridgehead atoms. The van der Waals surface area contributed by atoms with Gasteiger partial charge in [0.05, 0.1) is 0 Å².